The molecule has 76 valence electrons. The first kappa shape index (κ1) is 9.49. The van der Waals surface area contributed by atoms with Crippen molar-refractivity contribution < 1.29 is 5.11 Å². The molecule has 1 saturated heterocycles. The molecule has 0 aliphatic carbocycles. The van der Waals surface area contributed by atoms with Crippen molar-refractivity contribution in [2.75, 3.05) is 13.1 Å². The molecule has 0 spiro atoms. The van der Waals surface area contributed by atoms with E-state index in [2.05, 4.69) is 5.32 Å². The molecule has 0 saturated carbocycles. The highest BCUT2D eigenvalue weighted by molar-refractivity contribution is 5.32. The molecule has 1 aliphatic heterocycles. The van der Waals surface area contributed by atoms with Crippen LogP contribution in [0.5, 0.6) is 5.75 Å². The maximum Gasteiger partial charge on any atom is 0.115 e. The summed E-state index contributed by atoms with van der Waals surface area (Å²) < 4.78 is 0. The summed E-state index contributed by atoms with van der Waals surface area (Å²) in [6.07, 6.45) is 2.09. The summed E-state index contributed by atoms with van der Waals surface area (Å²) >= 11 is 0. The molecule has 1 fully saturated rings. The molecule has 14 heavy (non-hydrogen) atoms. The van der Waals surface area contributed by atoms with E-state index < -0.39 is 0 Å². The Morgan fingerprint density at radius 2 is 2.00 bits per heavy atom. The van der Waals surface area contributed by atoms with Crippen LogP contribution in [-0.2, 0) is 5.54 Å². The quantitative estimate of drug-likeness (QED) is 0.667. The van der Waals surface area contributed by atoms with Gasteiger partial charge in [0.05, 0.1) is 0 Å². The Morgan fingerprint density at radius 1 is 1.36 bits per heavy atom. The van der Waals surface area contributed by atoms with Crippen molar-refractivity contribution in [1.82, 2.24) is 5.32 Å². The van der Waals surface area contributed by atoms with Gasteiger partial charge in [-0.2, -0.15) is 0 Å². The number of rotatable bonds is 3. The van der Waals surface area contributed by atoms with Gasteiger partial charge in [-0.3, -0.25) is 0 Å². The van der Waals surface area contributed by atoms with E-state index in [1.165, 1.54) is 5.56 Å². The first-order chi connectivity index (χ1) is 6.77. The Kier molecular flexibility index (Phi) is 2.44. The van der Waals surface area contributed by atoms with Crippen molar-refractivity contribution in [3.05, 3.63) is 29.8 Å². The van der Waals surface area contributed by atoms with Crippen LogP contribution in [0.3, 0.4) is 0 Å². The number of aromatic hydroxyl groups is 1. The van der Waals surface area contributed by atoms with Crippen molar-refractivity contribution >= 4 is 0 Å². The Balaban J connectivity index is 2.23. The van der Waals surface area contributed by atoms with Gasteiger partial charge in [0.2, 0.25) is 0 Å². The van der Waals surface area contributed by atoms with Crippen molar-refractivity contribution in [2.24, 2.45) is 5.73 Å². The molecular formula is C11H16N2O. The second-order valence-corrected chi connectivity index (χ2v) is 3.84. The van der Waals surface area contributed by atoms with Gasteiger partial charge >= 0.3 is 0 Å². The Labute approximate surface area is 83.9 Å². The molecule has 1 aromatic rings. The van der Waals surface area contributed by atoms with Crippen molar-refractivity contribution in [3.8, 4) is 5.75 Å². The lowest BCUT2D eigenvalue weighted by molar-refractivity contribution is 0.196. The molecule has 3 heteroatoms. The maximum atomic E-state index is 9.20. The normalized spacial score (nSPS) is 25.8. The second-order valence-electron chi connectivity index (χ2n) is 3.84. The molecule has 0 radical (unpaired) electrons. The molecule has 1 unspecified atom stereocenters. The standard InChI is InChI=1S/C11H16N2O/c12-7-5-11(6-8-13-11)9-1-3-10(14)4-2-9/h1-4,13-14H,5-8,12H2. The summed E-state index contributed by atoms with van der Waals surface area (Å²) in [6, 6.07) is 7.40. The van der Waals surface area contributed by atoms with E-state index in [1.807, 2.05) is 12.1 Å². The van der Waals surface area contributed by atoms with E-state index in [0.717, 1.165) is 19.4 Å². The minimum atomic E-state index is 0.0719. The predicted molar refractivity (Wildman–Crippen MR) is 56.1 cm³/mol. The van der Waals surface area contributed by atoms with Crippen molar-refractivity contribution in [1.29, 1.82) is 0 Å². The molecule has 0 amide bonds. The summed E-state index contributed by atoms with van der Waals surface area (Å²) in [6.45, 7) is 1.74. The van der Waals surface area contributed by atoms with E-state index in [9.17, 15) is 5.11 Å². The minimum Gasteiger partial charge on any atom is -0.508 e. The number of hydrogen-bond donors (Lipinski definition) is 3. The van der Waals surface area contributed by atoms with Crippen molar-refractivity contribution in [3.63, 3.8) is 0 Å². The van der Waals surface area contributed by atoms with Gasteiger partial charge in [0, 0.05) is 5.54 Å². The van der Waals surface area contributed by atoms with Crippen LogP contribution in [0.15, 0.2) is 24.3 Å². The third-order valence-corrected chi connectivity index (χ3v) is 3.01. The van der Waals surface area contributed by atoms with Gasteiger partial charge in [-0.05, 0) is 43.6 Å². The van der Waals surface area contributed by atoms with Crippen LogP contribution in [0.2, 0.25) is 0 Å². The molecule has 2 rings (SSSR count). The largest absolute Gasteiger partial charge is 0.508 e. The zero-order valence-corrected chi connectivity index (χ0v) is 8.16. The van der Waals surface area contributed by atoms with Crippen LogP contribution in [0.1, 0.15) is 18.4 Å². The number of phenolic OH excluding ortho intramolecular Hbond substituents is 1. The van der Waals surface area contributed by atoms with Crippen LogP contribution in [0, 0.1) is 0 Å². The van der Waals surface area contributed by atoms with Gasteiger partial charge in [-0.1, -0.05) is 12.1 Å². The van der Waals surface area contributed by atoms with Gasteiger partial charge in [0.1, 0.15) is 5.75 Å². The Bertz CT molecular complexity index is 304. The predicted octanol–water partition coefficient (Wildman–Crippen LogP) is 0.930. The summed E-state index contributed by atoms with van der Waals surface area (Å²) in [5.74, 6) is 0.316. The van der Waals surface area contributed by atoms with E-state index in [4.69, 9.17) is 5.73 Å². The van der Waals surface area contributed by atoms with E-state index in [0.29, 0.717) is 12.3 Å². The first-order valence-electron chi connectivity index (χ1n) is 5.01. The number of phenols is 1. The van der Waals surface area contributed by atoms with Crippen LogP contribution in [0.4, 0.5) is 0 Å². The Morgan fingerprint density at radius 3 is 2.43 bits per heavy atom. The van der Waals surface area contributed by atoms with Crippen LogP contribution >= 0.6 is 0 Å². The third kappa shape index (κ3) is 1.49. The summed E-state index contributed by atoms with van der Waals surface area (Å²) in [5, 5.41) is 12.6. The molecular weight excluding hydrogens is 176 g/mol. The van der Waals surface area contributed by atoms with Gasteiger partial charge in [-0.15, -0.1) is 0 Å². The number of benzene rings is 1. The highest BCUT2D eigenvalue weighted by Gasteiger charge is 2.36. The fourth-order valence-electron chi connectivity index (χ4n) is 2.06. The fourth-order valence-corrected chi connectivity index (χ4v) is 2.06. The summed E-state index contributed by atoms with van der Waals surface area (Å²) in [4.78, 5) is 0. The summed E-state index contributed by atoms with van der Waals surface area (Å²) in [5.41, 5.74) is 6.90. The Hall–Kier alpha value is -1.06. The third-order valence-electron chi connectivity index (χ3n) is 3.01. The lowest BCUT2D eigenvalue weighted by Crippen LogP contribution is -2.55. The van der Waals surface area contributed by atoms with Gasteiger partial charge in [0.15, 0.2) is 0 Å². The van der Waals surface area contributed by atoms with E-state index in [-0.39, 0.29) is 5.54 Å². The topological polar surface area (TPSA) is 58.3 Å². The molecule has 0 aromatic heterocycles. The molecule has 1 atom stereocenters. The number of hydrogen-bond acceptors (Lipinski definition) is 3. The molecule has 4 N–H and O–H groups in total. The zero-order valence-electron chi connectivity index (χ0n) is 8.16. The summed E-state index contributed by atoms with van der Waals surface area (Å²) in [7, 11) is 0. The highest BCUT2D eigenvalue weighted by atomic mass is 16.3. The highest BCUT2D eigenvalue weighted by Crippen LogP contribution is 2.34. The lowest BCUT2D eigenvalue weighted by Gasteiger charge is -2.44. The molecule has 0 bridgehead atoms. The monoisotopic (exact) mass is 192 g/mol. The van der Waals surface area contributed by atoms with Crippen LogP contribution in [-0.4, -0.2) is 18.2 Å². The number of nitrogens with one attached hydrogen (secondary N) is 1. The van der Waals surface area contributed by atoms with Crippen LogP contribution in [0.25, 0.3) is 0 Å². The van der Waals surface area contributed by atoms with Crippen LogP contribution < -0.4 is 11.1 Å². The average Bonchev–Trinajstić information content (AvgIpc) is 2.13. The van der Waals surface area contributed by atoms with Gasteiger partial charge in [0.25, 0.3) is 0 Å². The van der Waals surface area contributed by atoms with E-state index >= 15 is 0 Å². The minimum absolute atomic E-state index is 0.0719. The van der Waals surface area contributed by atoms with E-state index in [1.54, 1.807) is 12.1 Å². The zero-order chi connectivity index (χ0) is 10.0. The lowest BCUT2D eigenvalue weighted by atomic mass is 9.78. The molecule has 1 heterocycles. The smallest absolute Gasteiger partial charge is 0.115 e. The maximum absolute atomic E-state index is 9.20. The average molecular weight is 192 g/mol. The number of nitrogens with two attached hydrogens (primary N) is 1. The van der Waals surface area contributed by atoms with Gasteiger partial charge < -0.3 is 16.2 Å². The van der Waals surface area contributed by atoms with Crippen molar-refractivity contribution in [2.45, 2.75) is 18.4 Å². The molecule has 1 aromatic carbocycles. The fraction of sp³-hybridized carbons (Fsp3) is 0.455. The first-order valence-corrected chi connectivity index (χ1v) is 5.01. The molecule has 1 aliphatic rings. The molecule has 3 nitrogen and oxygen atoms in total. The van der Waals surface area contributed by atoms with Gasteiger partial charge in [-0.25, -0.2) is 0 Å². The second kappa shape index (κ2) is 3.59. The SMILES string of the molecule is NCCC1(c2ccc(O)cc2)CCN1.